The molecule has 6 nitrogen and oxygen atoms in total. The van der Waals surface area contributed by atoms with Gasteiger partial charge in [0, 0.05) is 17.6 Å². The third kappa shape index (κ3) is 3.96. The molecule has 8 heteroatoms. The molecule has 2 heterocycles. The van der Waals surface area contributed by atoms with Crippen LogP contribution in [0.2, 0.25) is 0 Å². The summed E-state index contributed by atoms with van der Waals surface area (Å²) in [5, 5.41) is 5.49. The molecule has 0 saturated carbocycles. The Labute approximate surface area is 164 Å². The number of carbonyl (C=O) groups excluding carboxylic acids is 1. The molecule has 1 atom stereocenters. The smallest absolute Gasteiger partial charge is 0.244 e. The zero-order chi connectivity index (χ0) is 18.6. The number of amides is 1. The molecule has 2 aromatic heterocycles. The SMILES string of the molecule is COc1ccc2nc(S[C@@H](C(=O)Nc3nccs3)c3ccccc3)[nH]c2c1. The molecule has 2 N–H and O–H groups in total. The van der Waals surface area contributed by atoms with Crippen LogP contribution in [0.1, 0.15) is 10.8 Å². The molecule has 27 heavy (non-hydrogen) atoms. The molecule has 2 aromatic carbocycles. The summed E-state index contributed by atoms with van der Waals surface area (Å²) in [7, 11) is 1.63. The van der Waals surface area contributed by atoms with Crippen LogP contribution in [0.3, 0.4) is 0 Å². The van der Waals surface area contributed by atoms with Crippen LogP contribution in [0.25, 0.3) is 11.0 Å². The third-order valence-corrected chi connectivity index (χ3v) is 5.73. The molecule has 0 radical (unpaired) electrons. The Morgan fingerprint density at radius 1 is 1.26 bits per heavy atom. The molecule has 0 aliphatic carbocycles. The van der Waals surface area contributed by atoms with Gasteiger partial charge in [-0.25, -0.2) is 9.97 Å². The Morgan fingerprint density at radius 2 is 2.11 bits per heavy atom. The lowest BCUT2D eigenvalue weighted by Gasteiger charge is -2.14. The van der Waals surface area contributed by atoms with Crippen molar-refractivity contribution in [1.82, 2.24) is 15.0 Å². The van der Waals surface area contributed by atoms with Crippen molar-refractivity contribution in [2.45, 2.75) is 10.4 Å². The average Bonchev–Trinajstić information content (AvgIpc) is 3.35. The van der Waals surface area contributed by atoms with Crippen LogP contribution < -0.4 is 10.1 Å². The second-order valence-electron chi connectivity index (χ2n) is 5.66. The molecule has 0 fully saturated rings. The third-order valence-electron chi connectivity index (χ3n) is 3.90. The van der Waals surface area contributed by atoms with Crippen LogP contribution in [0.4, 0.5) is 5.13 Å². The van der Waals surface area contributed by atoms with Gasteiger partial charge >= 0.3 is 0 Å². The molecule has 4 aromatic rings. The van der Waals surface area contributed by atoms with E-state index in [0.717, 1.165) is 22.3 Å². The maximum absolute atomic E-state index is 12.9. The predicted octanol–water partition coefficient (Wildman–Crippen LogP) is 4.50. The van der Waals surface area contributed by atoms with Crippen molar-refractivity contribution in [1.29, 1.82) is 0 Å². The van der Waals surface area contributed by atoms with Crippen LogP contribution in [0, 0.1) is 0 Å². The van der Waals surface area contributed by atoms with Gasteiger partial charge in [0.05, 0.1) is 18.1 Å². The summed E-state index contributed by atoms with van der Waals surface area (Å²) in [6, 6.07) is 15.3. The number of benzene rings is 2. The van der Waals surface area contributed by atoms with E-state index in [2.05, 4.69) is 20.3 Å². The van der Waals surface area contributed by atoms with E-state index in [1.54, 1.807) is 13.3 Å². The molecule has 0 aliphatic rings. The van der Waals surface area contributed by atoms with Crippen molar-refractivity contribution in [3.63, 3.8) is 0 Å². The predicted molar refractivity (Wildman–Crippen MR) is 108 cm³/mol. The molecule has 0 bridgehead atoms. The summed E-state index contributed by atoms with van der Waals surface area (Å²) in [4.78, 5) is 24.9. The van der Waals surface area contributed by atoms with Crippen molar-refractivity contribution in [3.05, 3.63) is 65.7 Å². The van der Waals surface area contributed by atoms with Crippen molar-refractivity contribution in [3.8, 4) is 5.75 Å². The number of hydrogen-bond acceptors (Lipinski definition) is 6. The number of rotatable bonds is 6. The van der Waals surface area contributed by atoms with Gasteiger partial charge in [-0.3, -0.25) is 4.79 Å². The van der Waals surface area contributed by atoms with E-state index in [0.29, 0.717) is 10.3 Å². The Kier molecular flexibility index (Phi) is 5.08. The minimum atomic E-state index is -0.461. The standard InChI is InChI=1S/C19H16N4O2S2/c1-25-13-7-8-14-15(11-13)22-19(21-14)27-16(12-5-3-2-4-6-12)17(24)23-18-20-9-10-26-18/h2-11,16H,1H3,(H,21,22)(H,20,23,24)/t16-/m1/s1. The van der Waals surface area contributed by atoms with Crippen LogP contribution in [-0.2, 0) is 4.79 Å². The zero-order valence-electron chi connectivity index (χ0n) is 14.4. The summed E-state index contributed by atoms with van der Waals surface area (Å²) in [6.07, 6.45) is 1.66. The van der Waals surface area contributed by atoms with Crippen molar-refractivity contribution in [2.75, 3.05) is 12.4 Å². The number of anilines is 1. The van der Waals surface area contributed by atoms with Crippen LogP contribution in [-0.4, -0.2) is 28.0 Å². The lowest BCUT2D eigenvalue weighted by Crippen LogP contribution is -2.19. The maximum Gasteiger partial charge on any atom is 0.244 e. The summed E-state index contributed by atoms with van der Waals surface area (Å²) in [5.41, 5.74) is 2.59. The summed E-state index contributed by atoms with van der Waals surface area (Å²) < 4.78 is 5.25. The Hall–Kier alpha value is -2.84. The summed E-state index contributed by atoms with van der Waals surface area (Å²) >= 11 is 2.76. The van der Waals surface area contributed by atoms with Gasteiger partial charge in [0.15, 0.2) is 10.3 Å². The van der Waals surface area contributed by atoms with Crippen LogP contribution in [0.15, 0.2) is 65.3 Å². The number of nitrogens with one attached hydrogen (secondary N) is 2. The second kappa shape index (κ2) is 7.81. The lowest BCUT2D eigenvalue weighted by molar-refractivity contribution is -0.115. The zero-order valence-corrected chi connectivity index (χ0v) is 16.0. The summed E-state index contributed by atoms with van der Waals surface area (Å²) in [6.45, 7) is 0. The van der Waals surface area contributed by atoms with Crippen molar-refractivity contribution in [2.24, 2.45) is 0 Å². The molecule has 0 unspecified atom stereocenters. The molecule has 4 rings (SSSR count). The van der Waals surface area contributed by atoms with E-state index in [-0.39, 0.29) is 5.91 Å². The number of aromatic nitrogens is 3. The number of carbonyl (C=O) groups is 1. The average molecular weight is 396 g/mol. The van der Waals surface area contributed by atoms with Crippen molar-refractivity contribution >= 4 is 45.2 Å². The number of H-pyrrole nitrogens is 1. The van der Waals surface area contributed by atoms with Gasteiger partial charge in [-0.2, -0.15) is 0 Å². The van der Waals surface area contributed by atoms with E-state index in [4.69, 9.17) is 4.74 Å². The number of imidazole rings is 1. The number of ether oxygens (including phenoxy) is 1. The van der Waals surface area contributed by atoms with Gasteiger partial charge in [0.2, 0.25) is 5.91 Å². The topological polar surface area (TPSA) is 79.9 Å². The minimum Gasteiger partial charge on any atom is -0.497 e. The highest BCUT2D eigenvalue weighted by Crippen LogP contribution is 2.36. The van der Waals surface area contributed by atoms with Crippen LogP contribution in [0.5, 0.6) is 5.75 Å². The number of aromatic amines is 1. The minimum absolute atomic E-state index is 0.140. The second-order valence-corrected chi connectivity index (χ2v) is 7.65. The highest BCUT2D eigenvalue weighted by atomic mass is 32.2. The van der Waals surface area contributed by atoms with Gasteiger partial charge in [-0.1, -0.05) is 42.1 Å². The number of thiazole rings is 1. The molecule has 1 amide bonds. The first-order chi connectivity index (χ1) is 13.2. The molecule has 0 aliphatic heterocycles. The number of fused-ring (bicyclic) bond motifs is 1. The first kappa shape index (κ1) is 17.6. The monoisotopic (exact) mass is 396 g/mol. The number of thioether (sulfide) groups is 1. The summed E-state index contributed by atoms with van der Waals surface area (Å²) in [5.74, 6) is 0.614. The Morgan fingerprint density at radius 3 is 2.85 bits per heavy atom. The van der Waals surface area contributed by atoms with Gasteiger partial charge < -0.3 is 15.0 Å². The lowest BCUT2D eigenvalue weighted by atomic mass is 10.1. The van der Waals surface area contributed by atoms with Crippen LogP contribution >= 0.6 is 23.1 Å². The quantitative estimate of drug-likeness (QED) is 0.469. The van der Waals surface area contributed by atoms with E-state index >= 15 is 0 Å². The van der Waals surface area contributed by atoms with Gasteiger partial charge in [0.25, 0.3) is 0 Å². The van der Waals surface area contributed by atoms with E-state index in [1.807, 2.05) is 53.9 Å². The first-order valence-electron chi connectivity index (χ1n) is 8.18. The van der Waals surface area contributed by atoms with Gasteiger partial charge in [-0.05, 0) is 17.7 Å². The van der Waals surface area contributed by atoms with Gasteiger partial charge in [-0.15, -0.1) is 11.3 Å². The largest absolute Gasteiger partial charge is 0.497 e. The molecule has 136 valence electrons. The highest BCUT2D eigenvalue weighted by molar-refractivity contribution is 8.00. The normalized spacial score (nSPS) is 12.0. The highest BCUT2D eigenvalue weighted by Gasteiger charge is 2.24. The van der Waals surface area contributed by atoms with E-state index < -0.39 is 5.25 Å². The Bertz CT molecular complexity index is 1050. The molecular formula is C19H16N4O2S2. The van der Waals surface area contributed by atoms with E-state index in [1.165, 1.54) is 23.1 Å². The fraction of sp³-hybridized carbons (Fsp3) is 0.105. The first-order valence-corrected chi connectivity index (χ1v) is 9.94. The van der Waals surface area contributed by atoms with E-state index in [9.17, 15) is 4.79 Å². The maximum atomic E-state index is 12.9. The number of hydrogen-bond donors (Lipinski definition) is 2. The molecular weight excluding hydrogens is 380 g/mol. The fourth-order valence-corrected chi connectivity index (χ4v) is 4.15. The van der Waals surface area contributed by atoms with Gasteiger partial charge in [0.1, 0.15) is 11.0 Å². The Balaban J connectivity index is 1.63. The molecule has 0 saturated heterocycles. The fourth-order valence-electron chi connectivity index (χ4n) is 2.62. The number of methoxy groups -OCH3 is 1. The molecule has 0 spiro atoms. The number of nitrogens with zero attached hydrogens (tertiary/aromatic N) is 2. The van der Waals surface area contributed by atoms with Crippen molar-refractivity contribution < 1.29 is 9.53 Å².